The summed E-state index contributed by atoms with van der Waals surface area (Å²) < 4.78 is 0. The fourth-order valence-corrected chi connectivity index (χ4v) is 3.00. The van der Waals surface area contributed by atoms with Crippen molar-refractivity contribution in [1.82, 2.24) is 5.32 Å². The van der Waals surface area contributed by atoms with Crippen LogP contribution in [0.2, 0.25) is 10.0 Å². The topological polar surface area (TPSA) is 32.3 Å². The third-order valence-electron chi connectivity index (χ3n) is 3.84. The first kappa shape index (κ1) is 18.6. The molecule has 2 rings (SSSR count). The van der Waals surface area contributed by atoms with Crippen LogP contribution in [0, 0.1) is 0 Å². The maximum Gasteiger partial charge on any atom is 0.221 e. The number of nitrogens with zero attached hydrogens (tertiary/aromatic N) is 1. The third-order valence-corrected chi connectivity index (χ3v) is 4.43. The normalized spacial score (nSPS) is 10.5. The Labute approximate surface area is 153 Å². The van der Waals surface area contributed by atoms with E-state index in [4.69, 9.17) is 23.2 Å². The summed E-state index contributed by atoms with van der Waals surface area (Å²) in [5.74, 6) is 0.0504. The number of para-hydroxylation sites is 1. The number of rotatable bonds is 8. The molecule has 5 heteroatoms. The molecule has 0 fully saturated rings. The molecule has 0 atom stereocenters. The monoisotopic (exact) mass is 364 g/mol. The molecule has 0 saturated carbocycles. The van der Waals surface area contributed by atoms with Crippen molar-refractivity contribution in [2.45, 2.75) is 19.8 Å². The van der Waals surface area contributed by atoms with E-state index in [9.17, 15) is 4.79 Å². The van der Waals surface area contributed by atoms with E-state index in [0.717, 1.165) is 17.8 Å². The smallest absolute Gasteiger partial charge is 0.221 e. The number of carbonyl (C=O) groups is 1. The van der Waals surface area contributed by atoms with Gasteiger partial charge in [0.25, 0.3) is 0 Å². The zero-order chi connectivity index (χ0) is 17.4. The van der Waals surface area contributed by atoms with Gasteiger partial charge in [-0.25, -0.2) is 0 Å². The summed E-state index contributed by atoms with van der Waals surface area (Å²) in [5, 5.41) is 4.20. The molecule has 0 unspecified atom stereocenters. The summed E-state index contributed by atoms with van der Waals surface area (Å²) >= 11 is 12.0. The SMILES string of the molecule is CCN(CCC(=O)NCCc1ccc(Cl)cc1Cl)c1ccccc1. The minimum absolute atomic E-state index is 0.0504. The van der Waals surface area contributed by atoms with Gasteiger partial charge in [-0.05, 0) is 43.2 Å². The Kier molecular flexibility index (Phi) is 7.41. The van der Waals surface area contributed by atoms with Gasteiger partial charge in [0.1, 0.15) is 0 Å². The average Bonchev–Trinajstić information content (AvgIpc) is 2.58. The van der Waals surface area contributed by atoms with E-state index in [1.54, 1.807) is 6.07 Å². The molecule has 24 heavy (non-hydrogen) atoms. The summed E-state index contributed by atoms with van der Waals surface area (Å²) in [6.45, 7) is 4.23. The first-order valence-corrected chi connectivity index (χ1v) is 8.86. The molecule has 1 amide bonds. The van der Waals surface area contributed by atoms with Crippen LogP contribution in [0.5, 0.6) is 0 Å². The van der Waals surface area contributed by atoms with Gasteiger partial charge in [-0.1, -0.05) is 47.5 Å². The van der Waals surface area contributed by atoms with Crippen molar-refractivity contribution in [3.05, 3.63) is 64.1 Å². The van der Waals surface area contributed by atoms with Crippen LogP contribution in [0.25, 0.3) is 0 Å². The highest BCUT2D eigenvalue weighted by Crippen LogP contribution is 2.21. The van der Waals surface area contributed by atoms with Gasteiger partial charge in [0.2, 0.25) is 5.91 Å². The standard InChI is InChI=1S/C19H22Cl2N2O/c1-2-23(17-6-4-3-5-7-17)13-11-19(24)22-12-10-15-8-9-16(20)14-18(15)21/h3-9,14H,2,10-13H2,1H3,(H,22,24). The number of benzene rings is 2. The Morgan fingerprint density at radius 2 is 1.88 bits per heavy atom. The van der Waals surface area contributed by atoms with Crippen molar-refractivity contribution >= 4 is 34.8 Å². The number of halogens is 2. The predicted octanol–water partition coefficient (Wildman–Crippen LogP) is 4.57. The minimum Gasteiger partial charge on any atom is -0.371 e. The summed E-state index contributed by atoms with van der Waals surface area (Å²) in [4.78, 5) is 14.2. The maximum absolute atomic E-state index is 12.0. The largest absolute Gasteiger partial charge is 0.371 e. The van der Waals surface area contributed by atoms with Gasteiger partial charge in [0.15, 0.2) is 0 Å². The van der Waals surface area contributed by atoms with E-state index in [-0.39, 0.29) is 5.91 Å². The van der Waals surface area contributed by atoms with E-state index in [2.05, 4.69) is 29.3 Å². The van der Waals surface area contributed by atoms with E-state index >= 15 is 0 Å². The second-order valence-electron chi connectivity index (χ2n) is 5.50. The van der Waals surface area contributed by atoms with Crippen molar-refractivity contribution in [3.63, 3.8) is 0 Å². The van der Waals surface area contributed by atoms with Crippen molar-refractivity contribution < 1.29 is 4.79 Å². The molecule has 2 aromatic carbocycles. The Hall–Kier alpha value is -1.71. The Morgan fingerprint density at radius 3 is 2.54 bits per heavy atom. The highest BCUT2D eigenvalue weighted by Gasteiger charge is 2.08. The van der Waals surface area contributed by atoms with Crippen LogP contribution in [-0.2, 0) is 11.2 Å². The first-order chi connectivity index (χ1) is 11.6. The second kappa shape index (κ2) is 9.55. The average molecular weight is 365 g/mol. The minimum atomic E-state index is 0.0504. The molecule has 2 aromatic rings. The quantitative estimate of drug-likeness (QED) is 0.743. The van der Waals surface area contributed by atoms with Gasteiger partial charge in [-0.2, -0.15) is 0 Å². The van der Waals surface area contributed by atoms with Crippen molar-refractivity contribution in [3.8, 4) is 0 Å². The molecule has 3 nitrogen and oxygen atoms in total. The zero-order valence-electron chi connectivity index (χ0n) is 13.8. The van der Waals surface area contributed by atoms with Crippen LogP contribution < -0.4 is 10.2 Å². The zero-order valence-corrected chi connectivity index (χ0v) is 15.3. The molecule has 0 bridgehead atoms. The van der Waals surface area contributed by atoms with Gasteiger partial charge in [0.05, 0.1) is 0 Å². The fraction of sp³-hybridized carbons (Fsp3) is 0.316. The Bertz CT molecular complexity index is 662. The molecule has 0 saturated heterocycles. The number of carbonyl (C=O) groups excluding carboxylic acids is 1. The lowest BCUT2D eigenvalue weighted by atomic mass is 10.1. The fourth-order valence-electron chi connectivity index (χ4n) is 2.49. The number of hydrogen-bond donors (Lipinski definition) is 1. The maximum atomic E-state index is 12.0. The van der Waals surface area contributed by atoms with Crippen LogP contribution in [0.4, 0.5) is 5.69 Å². The van der Waals surface area contributed by atoms with Gasteiger partial charge in [0, 0.05) is 41.8 Å². The number of nitrogens with one attached hydrogen (secondary N) is 1. The molecule has 0 radical (unpaired) electrons. The third kappa shape index (κ3) is 5.73. The predicted molar refractivity (Wildman–Crippen MR) is 102 cm³/mol. The molecular formula is C19H22Cl2N2O. The molecule has 0 aliphatic carbocycles. The lowest BCUT2D eigenvalue weighted by Gasteiger charge is -2.22. The van der Waals surface area contributed by atoms with Crippen molar-refractivity contribution in [2.24, 2.45) is 0 Å². The van der Waals surface area contributed by atoms with Gasteiger partial charge >= 0.3 is 0 Å². The summed E-state index contributed by atoms with van der Waals surface area (Å²) in [7, 11) is 0. The summed E-state index contributed by atoms with van der Waals surface area (Å²) in [5.41, 5.74) is 2.13. The van der Waals surface area contributed by atoms with Gasteiger partial charge in [-0.15, -0.1) is 0 Å². The number of hydrogen-bond acceptors (Lipinski definition) is 2. The van der Waals surface area contributed by atoms with Crippen molar-refractivity contribution in [2.75, 3.05) is 24.5 Å². The summed E-state index contributed by atoms with van der Waals surface area (Å²) in [6.07, 6.45) is 1.16. The Morgan fingerprint density at radius 1 is 1.12 bits per heavy atom. The molecule has 0 aromatic heterocycles. The van der Waals surface area contributed by atoms with E-state index in [1.807, 2.05) is 30.3 Å². The summed E-state index contributed by atoms with van der Waals surface area (Å²) in [6, 6.07) is 15.6. The molecule has 0 spiro atoms. The van der Waals surface area contributed by atoms with Crippen LogP contribution in [0.15, 0.2) is 48.5 Å². The van der Waals surface area contributed by atoms with Crippen LogP contribution >= 0.6 is 23.2 Å². The van der Waals surface area contributed by atoms with Crippen LogP contribution in [0.3, 0.4) is 0 Å². The van der Waals surface area contributed by atoms with Gasteiger partial charge in [-0.3, -0.25) is 4.79 Å². The first-order valence-electron chi connectivity index (χ1n) is 8.10. The molecule has 128 valence electrons. The number of anilines is 1. The highest BCUT2D eigenvalue weighted by atomic mass is 35.5. The van der Waals surface area contributed by atoms with E-state index < -0.39 is 0 Å². The number of amides is 1. The van der Waals surface area contributed by atoms with Crippen LogP contribution in [-0.4, -0.2) is 25.5 Å². The van der Waals surface area contributed by atoms with E-state index in [0.29, 0.717) is 36.0 Å². The lowest BCUT2D eigenvalue weighted by Crippen LogP contribution is -2.31. The molecule has 0 aliphatic heterocycles. The second-order valence-corrected chi connectivity index (χ2v) is 6.34. The highest BCUT2D eigenvalue weighted by molar-refractivity contribution is 6.35. The lowest BCUT2D eigenvalue weighted by molar-refractivity contribution is -0.120. The van der Waals surface area contributed by atoms with Gasteiger partial charge < -0.3 is 10.2 Å². The molecule has 0 aliphatic rings. The molecule has 1 N–H and O–H groups in total. The van der Waals surface area contributed by atoms with Crippen LogP contribution in [0.1, 0.15) is 18.9 Å². The molecule has 0 heterocycles. The van der Waals surface area contributed by atoms with E-state index in [1.165, 1.54) is 0 Å². The van der Waals surface area contributed by atoms with Crippen molar-refractivity contribution in [1.29, 1.82) is 0 Å². The molecular weight excluding hydrogens is 343 g/mol. The Balaban J connectivity index is 1.75.